The Balaban J connectivity index is 1.77. The molecule has 1 aliphatic rings. The largest absolute Gasteiger partial charge is 0.385 e. The fraction of sp³-hybridized carbons (Fsp3) is 0.333. The lowest BCUT2D eigenvalue weighted by molar-refractivity contribution is 0.534. The van der Waals surface area contributed by atoms with Crippen molar-refractivity contribution in [2.75, 3.05) is 11.9 Å². The van der Waals surface area contributed by atoms with E-state index in [2.05, 4.69) is 61.6 Å². The maximum absolute atomic E-state index is 3.57. The van der Waals surface area contributed by atoms with Crippen LogP contribution in [0.3, 0.4) is 0 Å². The number of hydrogen-bond donors (Lipinski definition) is 1. The molecule has 0 fully saturated rings. The van der Waals surface area contributed by atoms with E-state index in [1.165, 1.54) is 40.8 Å². The van der Waals surface area contributed by atoms with Gasteiger partial charge >= 0.3 is 0 Å². The van der Waals surface area contributed by atoms with Crippen molar-refractivity contribution in [1.29, 1.82) is 0 Å². The Hall–Kier alpha value is -1.76. The molecule has 1 unspecified atom stereocenters. The van der Waals surface area contributed by atoms with Crippen molar-refractivity contribution in [3.8, 4) is 0 Å². The van der Waals surface area contributed by atoms with Crippen LogP contribution in [0.25, 0.3) is 0 Å². The van der Waals surface area contributed by atoms with E-state index in [0.29, 0.717) is 5.92 Å². The minimum absolute atomic E-state index is 0.704. The Morgan fingerprint density at radius 1 is 1.11 bits per heavy atom. The molecule has 2 aromatic carbocycles. The predicted octanol–water partition coefficient (Wildman–Crippen LogP) is 4.13. The predicted molar refractivity (Wildman–Crippen MR) is 81.7 cm³/mol. The van der Waals surface area contributed by atoms with Crippen molar-refractivity contribution in [2.24, 2.45) is 5.92 Å². The highest BCUT2D eigenvalue weighted by Crippen LogP contribution is 2.27. The molecule has 0 aromatic heterocycles. The second-order valence-corrected chi connectivity index (χ2v) is 5.74. The van der Waals surface area contributed by atoms with Gasteiger partial charge in [-0.2, -0.15) is 0 Å². The molecule has 0 bridgehead atoms. The third kappa shape index (κ3) is 2.65. The smallest absolute Gasteiger partial charge is 0.0372 e. The Morgan fingerprint density at radius 2 is 1.95 bits per heavy atom. The first-order chi connectivity index (χ1) is 9.22. The zero-order valence-electron chi connectivity index (χ0n) is 11.7. The van der Waals surface area contributed by atoms with Crippen LogP contribution < -0.4 is 5.32 Å². The van der Waals surface area contributed by atoms with Crippen LogP contribution in [-0.2, 0) is 12.8 Å². The molecule has 0 saturated heterocycles. The number of rotatable bonds is 2. The van der Waals surface area contributed by atoms with Crippen LogP contribution in [0, 0.1) is 19.8 Å². The molecule has 0 spiro atoms. The van der Waals surface area contributed by atoms with Gasteiger partial charge in [-0.05, 0) is 55.4 Å². The Kier molecular flexibility index (Phi) is 3.29. The third-order valence-corrected chi connectivity index (χ3v) is 4.12. The number of fused-ring (bicyclic) bond motifs is 1. The maximum atomic E-state index is 3.57. The summed E-state index contributed by atoms with van der Waals surface area (Å²) < 4.78 is 0. The summed E-state index contributed by atoms with van der Waals surface area (Å²) >= 11 is 0. The summed E-state index contributed by atoms with van der Waals surface area (Å²) in [5, 5.41) is 3.57. The first kappa shape index (κ1) is 12.3. The summed E-state index contributed by atoms with van der Waals surface area (Å²) in [5.74, 6) is 0.704. The third-order valence-electron chi connectivity index (χ3n) is 4.12. The van der Waals surface area contributed by atoms with Crippen LogP contribution >= 0.6 is 0 Å². The van der Waals surface area contributed by atoms with Crippen molar-refractivity contribution in [3.63, 3.8) is 0 Å². The quantitative estimate of drug-likeness (QED) is 0.846. The number of hydrogen-bond acceptors (Lipinski definition) is 1. The molecule has 3 rings (SSSR count). The van der Waals surface area contributed by atoms with E-state index >= 15 is 0 Å². The van der Waals surface area contributed by atoms with Crippen LogP contribution in [0.15, 0.2) is 42.5 Å². The van der Waals surface area contributed by atoms with Crippen LogP contribution in [0.4, 0.5) is 5.69 Å². The molecule has 1 heteroatoms. The number of benzene rings is 2. The molecule has 1 N–H and O–H groups in total. The van der Waals surface area contributed by atoms with Gasteiger partial charge in [-0.3, -0.25) is 0 Å². The van der Waals surface area contributed by atoms with Gasteiger partial charge in [0.15, 0.2) is 0 Å². The SMILES string of the molecule is Cc1ccc(C)c(CC2CNc3ccccc3C2)c1. The lowest BCUT2D eigenvalue weighted by atomic mass is 9.87. The molecule has 0 amide bonds. The Labute approximate surface area is 115 Å². The van der Waals surface area contributed by atoms with Crippen LogP contribution in [0.1, 0.15) is 22.3 Å². The zero-order valence-corrected chi connectivity index (χ0v) is 11.7. The van der Waals surface area contributed by atoms with Crippen molar-refractivity contribution in [3.05, 3.63) is 64.7 Å². The number of aryl methyl sites for hydroxylation is 2. The standard InChI is InChI=1S/C18H21N/c1-13-7-8-14(2)17(9-13)11-15-10-16-5-3-4-6-18(16)19-12-15/h3-9,15,19H,10-12H2,1-2H3. The van der Waals surface area contributed by atoms with Crippen molar-refractivity contribution < 1.29 is 0 Å². The average molecular weight is 251 g/mol. The lowest BCUT2D eigenvalue weighted by Gasteiger charge is -2.26. The lowest BCUT2D eigenvalue weighted by Crippen LogP contribution is -2.25. The van der Waals surface area contributed by atoms with Gasteiger partial charge in [-0.15, -0.1) is 0 Å². The minimum Gasteiger partial charge on any atom is -0.385 e. The normalized spacial score (nSPS) is 17.7. The van der Waals surface area contributed by atoms with Gasteiger partial charge < -0.3 is 5.32 Å². The summed E-state index contributed by atoms with van der Waals surface area (Å²) in [4.78, 5) is 0. The molecule has 1 nitrogen and oxygen atoms in total. The van der Waals surface area contributed by atoms with Gasteiger partial charge in [-0.1, -0.05) is 42.0 Å². The highest BCUT2D eigenvalue weighted by Gasteiger charge is 2.18. The van der Waals surface area contributed by atoms with Crippen molar-refractivity contribution in [1.82, 2.24) is 0 Å². The van der Waals surface area contributed by atoms with Crippen LogP contribution in [0.2, 0.25) is 0 Å². The summed E-state index contributed by atoms with van der Waals surface area (Å²) in [6.45, 7) is 5.49. The van der Waals surface area contributed by atoms with Crippen molar-refractivity contribution in [2.45, 2.75) is 26.7 Å². The molecular weight excluding hydrogens is 230 g/mol. The molecule has 0 saturated carbocycles. The summed E-state index contributed by atoms with van der Waals surface area (Å²) in [7, 11) is 0. The monoisotopic (exact) mass is 251 g/mol. The van der Waals surface area contributed by atoms with E-state index in [9.17, 15) is 0 Å². The minimum atomic E-state index is 0.704. The van der Waals surface area contributed by atoms with E-state index in [0.717, 1.165) is 6.54 Å². The highest BCUT2D eigenvalue weighted by molar-refractivity contribution is 5.53. The number of nitrogens with one attached hydrogen (secondary N) is 1. The zero-order chi connectivity index (χ0) is 13.2. The summed E-state index contributed by atoms with van der Waals surface area (Å²) in [5.41, 5.74) is 7.07. The molecule has 1 heterocycles. The average Bonchev–Trinajstić information content (AvgIpc) is 2.43. The Bertz CT molecular complexity index is 586. The summed E-state index contributed by atoms with van der Waals surface area (Å²) in [6, 6.07) is 15.5. The molecule has 2 aromatic rings. The van der Waals surface area contributed by atoms with Gasteiger partial charge in [0.1, 0.15) is 0 Å². The second-order valence-electron chi connectivity index (χ2n) is 5.74. The number of anilines is 1. The maximum Gasteiger partial charge on any atom is 0.0372 e. The second kappa shape index (κ2) is 5.08. The molecule has 19 heavy (non-hydrogen) atoms. The van der Waals surface area contributed by atoms with E-state index in [1.807, 2.05) is 0 Å². The topological polar surface area (TPSA) is 12.0 Å². The molecule has 1 atom stereocenters. The summed E-state index contributed by atoms with van der Waals surface area (Å²) in [6.07, 6.45) is 2.37. The fourth-order valence-corrected chi connectivity index (χ4v) is 2.98. The molecule has 1 aliphatic heterocycles. The molecular formula is C18H21N. The van der Waals surface area contributed by atoms with Gasteiger partial charge in [-0.25, -0.2) is 0 Å². The van der Waals surface area contributed by atoms with E-state index in [4.69, 9.17) is 0 Å². The number of para-hydroxylation sites is 1. The fourth-order valence-electron chi connectivity index (χ4n) is 2.98. The molecule has 98 valence electrons. The van der Waals surface area contributed by atoms with Crippen LogP contribution in [0.5, 0.6) is 0 Å². The van der Waals surface area contributed by atoms with Crippen LogP contribution in [-0.4, -0.2) is 6.54 Å². The van der Waals surface area contributed by atoms with Gasteiger partial charge in [0.25, 0.3) is 0 Å². The Morgan fingerprint density at radius 3 is 2.84 bits per heavy atom. The molecule has 0 aliphatic carbocycles. The van der Waals surface area contributed by atoms with E-state index in [-0.39, 0.29) is 0 Å². The van der Waals surface area contributed by atoms with Gasteiger partial charge in [0, 0.05) is 12.2 Å². The first-order valence-corrected chi connectivity index (χ1v) is 7.10. The van der Waals surface area contributed by atoms with E-state index in [1.54, 1.807) is 0 Å². The highest BCUT2D eigenvalue weighted by atomic mass is 14.9. The van der Waals surface area contributed by atoms with Gasteiger partial charge in [0.2, 0.25) is 0 Å². The first-order valence-electron chi connectivity index (χ1n) is 7.10. The molecule has 0 radical (unpaired) electrons. The van der Waals surface area contributed by atoms with E-state index < -0.39 is 0 Å². The van der Waals surface area contributed by atoms with Crippen molar-refractivity contribution >= 4 is 5.69 Å². The van der Waals surface area contributed by atoms with Gasteiger partial charge in [0.05, 0.1) is 0 Å².